The van der Waals surface area contributed by atoms with Gasteiger partial charge in [0.15, 0.2) is 0 Å². The summed E-state index contributed by atoms with van der Waals surface area (Å²) in [4.78, 5) is 8.93. The van der Waals surface area contributed by atoms with E-state index in [9.17, 15) is 23.1 Å². The summed E-state index contributed by atoms with van der Waals surface area (Å²) >= 11 is 0. The van der Waals surface area contributed by atoms with Gasteiger partial charge < -0.3 is 10.3 Å². The van der Waals surface area contributed by atoms with E-state index >= 15 is 0 Å². The molecule has 1 aromatic carbocycles. The molecule has 9 heteroatoms. The van der Waals surface area contributed by atoms with E-state index in [2.05, 4.69) is 0 Å². The summed E-state index contributed by atoms with van der Waals surface area (Å²) < 4.78 is 31.5. The van der Waals surface area contributed by atoms with E-state index in [1.165, 1.54) is 0 Å². The van der Waals surface area contributed by atoms with Crippen LogP contribution in [0.3, 0.4) is 0 Å². The minimum absolute atomic E-state index is 0. The molecule has 0 radical (unpaired) electrons. The van der Waals surface area contributed by atoms with E-state index < -0.39 is 25.6 Å². The molecule has 7 nitrogen and oxygen atoms in total. The van der Waals surface area contributed by atoms with Crippen molar-refractivity contribution in [2.45, 2.75) is 4.90 Å². The van der Waals surface area contributed by atoms with Crippen LogP contribution in [0.1, 0.15) is 0 Å². The van der Waals surface area contributed by atoms with Crippen molar-refractivity contribution in [3.05, 3.63) is 28.3 Å². The van der Waals surface area contributed by atoms with Gasteiger partial charge in [0.1, 0.15) is 15.8 Å². The number of nitrogens with two attached hydrogens (primary N) is 1. The van der Waals surface area contributed by atoms with Crippen LogP contribution in [-0.2, 0) is 10.1 Å². The molecule has 15 heavy (non-hydrogen) atoms. The number of benzene rings is 1. The SMILES string of the molecule is Nc1cc(S(=O)(=O)[O-])ccc1[N+](=O)[O-].[Na+]. The topological polar surface area (TPSA) is 126 Å². The number of nitrogens with zero attached hydrogens (tertiary/aromatic N) is 1. The molecule has 0 saturated carbocycles. The molecular weight excluding hydrogens is 235 g/mol. The first-order valence-electron chi connectivity index (χ1n) is 3.32. The average molecular weight is 240 g/mol. The van der Waals surface area contributed by atoms with Crippen molar-refractivity contribution in [3.63, 3.8) is 0 Å². The molecule has 76 valence electrons. The second-order valence-corrected chi connectivity index (χ2v) is 3.81. The molecule has 0 atom stereocenters. The fraction of sp³-hybridized carbons (Fsp3) is 0. The quantitative estimate of drug-likeness (QED) is 0.194. The summed E-state index contributed by atoms with van der Waals surface area (Å²) in [5.41, 5.74) is 4.39. The predicted molar refractivity (Wildman–Crippen MR) is 45.5 cm³/mol. The molecule has 0 aromatic heterocycles. The van der Waals surface area contributed by atoms with Gasteiger partial charge in [0, 0.05) is 6.07 Å². The number of rotatable bonds is 2. The summed E-state index contributed by atoms with van der Waals surface area (Å²) in [5, 5.41) is 10.3. The molecule has 0 heterocycles. The van der Waals surface area contributed by atoms with Crippen LogP contribution in [0.5, 0.6) is 0 Å². The number of nitrogen functional groups attached to an aromatic ring is 1. The molecule has 0 saturated heterocycles. The van der Waals surface area contributed by atoms with Crippen molar-refractivity contribution < 1.29 is 47.5 Å². The molecule has 0 fully saturated rings. The number of nitro groups is 1. The first kappa shape index (κ1) is 14.3. The van der Waals surface area contributed by atoms with Gasteiger partial charge >= 0.3 is 29.6 Å². The van der Waals surface area contributed by atoms with Crippen molar-refractivity contribution in [1.29, 1.82) is 0 Å². The second kappa shape index (κ2) is 4.90. The largest absolute Gasteiger partial charge is 1.00 e. The average Bonchev–Trinajstić information content (AvgIpc) is 2.01. The Labute approximate surface area is 107 Å². The summed E-state index contributed by atoms with van der Waals surface area (Å²) in [6.07, 6.45) is 0. The van der Waals surface area contributed by atoms with Crippen LogP contribution in [0.25, 0.3) is 0 Å². The van der Waals surface area contributed by atoms with E-state index in [1.807, 2.05) is 0 Å². The van der Waals surface area contributed by atoms with Crippen LogP contribution < -0.4 is 35.3 Å². The van der Waals surface area contributed by atoms with E-state index in [-0.39, 0.29) is 35.2 Å². The van der Waals surface area contributed by atoms with Crippen LogP contribution in [0.15, 0.2) is 23.1 Å². The van der Waals surface area contributed by atoms with Crippen LogP contribution in [0.2, 0.25) is 0 Å². The Balaban J connectivity index is 0.00000196. The van der Waals surface area contributed by atoms with Crippen molar-refractivity contribution in [2.75, 3.05) is 5.73 Å². The molecule has 0 aliphatic heterocycles. The van der Waals surface area contributed by atoms with E-state index in [4.69, 9.17) is 5.73 Å². The molecule has 0 spiro atoms. The maximum absolute atomic E-state index is 10.5. The van der Waals surface area contributed by atoms with Crippen LogP contribution in [0, 0.1) is 10.1 Å². The van der Waals surface area contributed by atoms with E-state index in [1.54, 1.807) is 0 Å². The zero-order valence-corrected chi connectivity index (χ0v) is 10.5. The normalized spacial score (nSPS) is 10.5. The fourth-order valence-corrected chi connectivity index (χ4v) is 1.36. The maximum atomic E-state index is 10.5. The Morgan fingerprint density at radius 1 is 1.33 bits per heavy atom. The number of nitro benzene ring substituents is 1. The second-order valence-electron chi connectivity index (χ2n) is 2.43. The third-order valence-electron chi connectivity index (χ3n) is 1.48. The van der Waals surface area contributed by atoms with Gasteiger partial charge in [-0.3, -0.25) is 10.1 Å². The minimum atomic E-state index is -4.62. The van der Waals surface area contributed by atoms with Crippen molar-refractivity contribution in [3.8, 4) is 0 Å². The number of hydrogen-bond donors (Lipinski definition) is 1. The molecule has 2 N–H and O–H groups in total. The van der Waals surface area contributed by atoms with Crippen LogP contribution in [-0.4, -0.2) is 17.9 Å². The Kier molecular flexibility index (Phi) is 4.68. The Bertz CT molecular complexity index is 486. The molecule has 0 aliphatic rings. The molecule has 1 rings (SSSR count). The van der Waals surface area contributed by atoms with Crippen molar-refractivity contribution in [2.24, 2.45) is 0 Å². The molecule has 1 aromatic rings. The predicted octanol–water partition coefficient (Wildman–Crippen LogP) is -2.91. The van der Waals surface area contributed by atoms with Crippen molar-refractivity contribution >= 4 is 21.5 Å². The third kappa shape index (κ3) is 3.43. The summed E-state index contributed by atoms with van der Waals surface area (Å²) in [5.74, 6) is 0. The van der Waals surface area contributed by atoms with Gasteiger partial charge in [-0.1, -0.05) is 0 Å². The number of anilines is 1. The van der Waals surface area contributed by atoms with Gasteiger partial charge in [-0.25, -0.2) is 8.42 Å². The van der Waals surface area contributed by atoms with Crippen molar-refractivity contribution in [1.82, 2.24) is 0 Å². The molecule has 0 bridgehead atoms. The smallest absolute Gasteiger partial charge is 0.744 e. The zero-order valence-electron chi connectivity index (χ0n) is 7.71. The Morgan fingerprint density at radius 3 is 2.20 bits per heavy atom. The minimum Gasteiger partial charge on any atom is -0.744 e. The van der Waals surface area contributed by atoms with Gasteiger partial charge in [0.2, 0.25) is 0 Å². The van der Waals surface area contributed by atoms with Gasteiger partial charge in [0.25, 0.3) is 5.69 Å². The van der Waals surface area contributed by atoms with Crippen LogP contribution >= 0.6 is 0 Å². The fourth-order valence-electron chi connectivity index (χ4n) is 0.854. The number of hydrogen-bond acceptors (Lipinski definition) is 6. The van der Waals surface area contributed by atoms with Gasteiger partial charge in [-0.05, 0) is 12.1 Å². The van der Waals surface area contributed by atoms with Gasteiger partial charge in [-0.2, -0.15) is 0 Å². The third-order valence-corrected chi connectivity index (χ3v) is 2.32. The molecule has 0 aliphatic carbocycles. The standard InChI is InChI=1S/C6H6N2O5S.Na/c7-5-3-4(14(11,12)13)1-2-6(5)8(9)10;/h1-3H,7H2,(H,11,12,13);/q;+1/p-1. The van der Waals surface area contributed by atoms with Crippen LogP contribution in [0.4, 0.5) is 11.4 Å². The van der Waals surface area contributed by atoms with E-state index in [0.717, 1.165) is 18.2 Å². The molecular formula is C6H5N2NaO5S. The Morgan fingerprint density at radius 2 is 1.87 bits per heavy atom. The summed E-state index contributed by atoms with van der Waals surface area (Å²) in [6.45, 7) is 0. The van der Waals surface area contributed by atoms with Gasteiger partial charge in [0.05, 0.1) is 9.82 Å². The summed E-state index contributed by atoms with van der Waals surface area (Å²) in [7, 11) is -4.62. The molecule has 0 amide bonds. The molecule has 0 unspecified atom stereocenters. The van der Waals surface area contributed by atoms with E-state index in [0.29, 0.717) is 0 Å². The zero-order chi connectivity index (χ0) is 10.9. The first-order chi connectivity index (χ1) is 6.32. The maximum Gasteiger partial charge on any atom is 1.00 e. The van der Waals surface area contributed by atoms with Gasteiger partial charge in [-0.15, -0.1) is 0 Å². The Hall–Kier alpha value is -0.670. The monoisotopic (exact) mass is 240 g/mol. The summed E-state index contributed by atoms with van der Waals surface area (Å²) in [6, 6.07) is 2.48. The first-order valence-corrected chi connectivity index (χ1v) is 4.73.